The van der Waals surface area contributed by atoms with Gasteiger partial charge in [0.1, 0.15) is 0 Å². The summed E-state index contributed by atoms with van der Waals surface area (Å²) in [5.74, 6) is 2.40. The molecule has 0 spiro atoms. The molecule has 30 heavy (non-hydrogen) atoms. The van der Waals surface area contributed by atoms with Crippen LogP contribution in [0.1, 0.15) is 12.0 Å². The number of likely N-dealkylation sites (N-methyl/N-ethyl adjacent to an activating group) is 1. The minimum absolute atomic E-state index is 0.748. The van der Waals surface area contributed by atoms with Crippen molar-refractivity contribution in [1.82, 2.24) is 19.8 Å². The second kappa shape index (κ2) is 10.5. The van der Waals surface area contributed by atoms with Crippen molar-refractivity contribution in [3.8, 4) is 11.5 Å². The van der Waals surface area contributed by atoms with E-state index < -0.39 is 0 Å². The van der Waals surface area contributed by atoms with Gasteiger partial charge in [-0.3, -0.25) is 4.99 Å². The van der Waals surface area contributed by atoms with Crippen LogP contribution in [-0.2, 0) is 13.0 Å². The molecule has 1 N–H and O–H groups in total. The van der Waals surface area contributed by atoms with Crippen LogP contribution in [0.25, 0.3) is 11.0 Å². The van der Waals surface area contributed by atoms with Crippen molar-refractivity contribution in [2.45, 2.75) is 19.4 Å². The second-order valence-corrected chi connectivity index (χ2v) is 7.12. The number of hydrogen-bond donors (Lipinski definition) is 1. The van der Waals surface area contributed by atoms with Gasteiger partial charge in [0.15, 0.2) is 17.5 Å². The lowest BCUT2D eigenvalue weighted by Gasteiger charge is -2.22. The lowest BCUT2D eigenvalue weighted by atomic mass is 10.1. The Morgan fingerprint density at radius 3 is 2.70 bits per heavy atom. The van der Waals surface area contributed by atoms with Gasteiger partial charge in [0.25, 0.3) is 0 Å². The van der Waals surface area contributed by atoms with Crippen molar-refractivity contribution in [1.29, 1.82) is 0 Å². The van der Waals surface area contributed by atoms with Crippen molar-refractivity contribution in [3.63, 3.8) is 0 Å². The number of methoxy groups -OCH3 is 2. The lowest BCUT2D eigenvalue weighted by molar-refractivity contribution is 0.354. The molecule has 160 valence electrons. The smallest absolute Gasteiger partial charge is 0.193 e. The van der Waals surface area contributed by atoms with E-state index in [1.807, 2.05) is 43.7 Å². The van der Waals surface area contributed by atoms with Gasteiger partial charge in [-0.25, -0.2) is 4.98 Å². The van der Waals surface area contributed by atoms with Crippen molar-refractivity contribution < 1.29 is 9.47 Å². The summed E-state index contributed by atoms with van der Waals surface area (Å²) < 4.78 is 12.9. The van der Waals surface area contributed by atoms with Crippen LogP contribution in [0.3, 0.4) is 0 Å². The molecule has 0 aliphatic heterocycles. The first-order chi connectivity index (χ1) is 14.7. The van der Waals surface area contributed by atoms with Gasteiger partial charge in [-0.05, 0) is 42.7 Å². The molecule has 3 rings (SSSR count). The van der Waals surface area contributed by atoms with Crippen LogP contribution in [0.2, 0.25) is 0 Å². The van der Waals surface area contributed by atoms with E-state index in [4.69, 9.17) is 9.47 Å². The Hall–Kier alpha value is -3.22. The molecule has 0 unspecified atom stereocenters. The van der Waals surface area contributed by atoms with Crippen molar-refractivity contribution in [2.75, 3.05) is 41.4 Å². The number of aromatic nitrogens is 2. The number of aliphatic imine (C=N–C) groups is 1. The molecule has 0 aliphatic carbocycles. The number of guanidine groups is 1. The Kier molecular flexibility index (Phi) is 7.54. The number of benzene rings is 2. The number of fused-ring (bicyclic) bond motifs is 1. The summed E-state index contributed by atoms with van der Waals surface area (Å²) in [7, 11) is 7.18. The van der Waals surface area contributed by atoms with E-state index >= 15 is 0 Å². The van der Waals surface area contributed by atoms with Crippen molar-refractivity contribution in [3.05, 3.63) is 54.4 Å². The average Bonchev–Trinajstić information content (AvgIpc) is 3.20. The summed E-state index contributed by atoms with van der Waals surface area (Å²) >= 11 is 0. The maximum Gasteiger partial charge on any atom is 0.193 e. The van der Waals surface area contributed by atoms with Crippen LogP contribution in [0.15, 0.2) is 53.8 Å². The Labute approximate surface area is 178 Å². The molecule has 3 aromatic rings. The predicted octanol–water partition coefficient (Wildman–Crippen LogP) is 3.19. The molecule has 0 amide bonds. The number of hydrogen-bond acceptors (Lipinski definition) is 4. The summed E-state index contributed by atoms with van der Waals surface area (Å²) in [6, 6.07) is 14.3. The number of nitrogens with one attached hydrogen (secondary N) is 1. The molecule has 0 fully saturated rings. The van der Waals surface area contributed by atoms with E-state index in [0.29, 0.717) is 0 Å². The maximum absolute atomic E-state index is 5.39. The highest BCUT2D eigenvalue weighted by molar-refractivity contribution is 5.79. The minimum atomic E-state index is 0.748. The third-order valence-electron chi connectivity index (χ3n) is 5.14. The van der Waals surface area contributed by atoms with E-state index in [9.17, 15) is 0 Å². The Balaban J connectivity index is 1.46. The number of aryl methyl sites for hydroxylation is 1. The Morgan fingerprint density at radius 2 is 1.93 bits per heavy atom. The fourth-order valence-corrected chi connectivity index (χ4v) is 3.46. The number of imidazole rings is 1. The van der Waals surface area contributed by atoms with Gasteiger partial charge in [0.05, 0.1) is 31.6 Å². The highest BCUT2D eigenvalue weighted by Crippen LogP contribution is 2.27. The molecule has 7 nitrogen and oxygen atoms in total. The quantitative estimate of drug-likeness (QED) is 0.334. The van der Waals surface area contributed by atoms with E-state index in [1.54, 1.807) is 14.2 Å². The average molecular weight is 410 g/mol. The first kappa shape index (κ1) is 21.5. The van der Waals surface area contributed by atoms with Gasteiger partial charge in [0.2, 0.25) is 0 Å². The lowest BCUT2D eigenvalue weighted by Crippen LogP contribution is -2.40. The first-order valence-corrected chi connectivity index (χ1v) is 10.2. The summed E-state index contributed by atoms with van der Waals surface area (Å²) in [5, 5.41) is 3.45. The molecule has 1 aromatic heterocycles. The van der Waals surface area contributed by atoms with Crippen LogP contribution in [0.4, 0.5) is 0 Å². The second-order valence-electron chi connectivity index (χ2n) is 7.12. The fraction of sp³-hybridized carbons (Fsp3) is 0.391. The van der Waals surface area contributed by atoms with Crippen LogP contribution < -0.4 is 14.8 Å². The van der Waals surface area contributed by atoms with E-state index in [2.05, 4.69) is 43.9 Å². The monoisotopic (exact) mass is 409 g/mol. The molecule has 0 atom stereocenters. The molecule has 2 aromatic carbocycles. The minimum Gasteiger partial charge on any atom is -0.493 e. The fourth-order valence-electron chi connectivity index (χ4n) is 3.46. The van der Waals surface area contributed by atoms with Gasteiger partial charge in [-0.1, -0.05) is 18.2 Å². The summed E-state index contributed by atoms with van der Waals surface area (Å²) in [6.07, 6.45) is 3.79. The highest BCUT2D eigenvalue weighted by atomic mass is 16.5. The molecule has 0 saturated heterocycles. The van der Waals surface area contributed by atoms with Gasteiger partial charge >= 0.3 is 0 Å². The summed E-state index contributed by atoms with van der Waals surface area (Å²) in [5.41, 5.74) is 3.41. The molecular weight excluding hydrogens is 378 g/mol. The van der Waals surface area contributed by atoms with Crippen LogP contribution in [0.5, 0.6) is 11.5 Å². The first-order valence-electron chi connectivity index (χ1n) is 10.2. The molecule has 0 bridgehead atoms. The van der Waals surface area contributed by atoms with Gasteiger partial charge in [-0.2, -0.15) is 0 Å². The molecule has 0 aliphatic rings. The number of rotatable bonds is 9. The molecular formula is C23H31N5O2. The van der Waals surface area contributed by atoms with Crippen LogP contribution in [-0.4, -0.2) is 61.8 Å². The largest absolute Gasteiger partial charge is 0.493 e. The van der Waals surface area contributed by atoms with Crippen molar-refractivity contribution in [2.24, 2.45) is 4.99 Å². The van der Waals surface area contributed by atoms with Gasteiger partial charge < -0.3 is 24.3 Å². The maximum atomic E-state index is 5.39. The number of nitrogens with zero attached hydrogens (tertiary/aromatic N) is 4. The molecule has 0 radical (unpaired) electrons. The third-order valence-corrected chi connectivity index (χ3v) is 5.14. The van der Waals surface area contributed by atoms with Crippen LogP contribution in [0, 0.1) is 0 Å². The third kappa shape index (κ3) is 5.23. The zero-order chi connectivity index (χ0) is 21.3. The normalized spacial score (nSPS) is 11.5. The van der Waals surface area contributed by atoms with E-state index in [-0.39, 0.29) is 0 Å². The topological polar surface area (TPSA) is 63.9 Å². The van der Waals surface area contributed by atoms with Crippen molar-refractivity contribution >= 4 is 17.0 Å². The van der Waals surface area contributed by atoms with Crippen LogP contribution >= 0.6 is 0 Å². The standard InChI is InChI=1S/C23H31N5O2/c1-24-23(25-13-7-14-28-17-26-19-8-5-6-9-20(19)28)27(2)15-12-18-10-11-21(29-3)22(16-18)30-4/h5-6,8-11,16-17H,7,12-15H2,1-4H3,(H,24,25). The number of ether oxygens (including phenoxy) is 2. The highest BCUT2D eigenvalue weighted by Gasteiger charge is 2.09. The zero-order valence-electron chi connectivity index (χ0n) is 18.3. The summed E-state index contributed by atoms with van der Waals surface area (Å²) in [4.78, 5) is 11.0. The predicted molar refractivity (Wildman–Crippen MR) is 122 cm³/mol. The van der Waals surface area contributed by atoms with Gasteiger partial charge in [0, 0.05) is 33.7 Å². The molecule has 1 heterocycles. The SMILES string of the molecule is CN=C(NCCCn1cnc2ccccc21)N(C)CCc1ccc(OC)c(OC)c1. The van der Waals surface area contributed by atoms with Gasteiger partial charge in [-0.15, -0.1) is 0 Å². The Morgan fingerprint density at radius 1 is 1.13 bits per heavy atom. The molecule has 7 heteroatoms. The number of para-hydroxylation sites is 2. The summed E-state index contributed by atoms with van der Waals surface area (Å²) in [6.45, 7) is 2.61. The van der Waals surface area contributed by atoms with E-state index in [1.165, 1.54) is 11.1 Å². The van der Waals surface area contributed by atoms with E-state index in [0.717, 1.165) is 55.5 Å². The Bertz CT molecular complexity index is 983. The zero-order valence-corrected chi connectivity index (χ0v) is 18.3. The molecule has 0 saturated carbocycles.